The number of aryl methyl sites for hydroxylation is 1. The minimum Gasteiger partial charge on any atom is -0.212 e. The Hall–Kier alpha value is -1.26. The molecule has 25 heavy (non-hydrogen) atoms. The lowest BCUT2D eigenvalue weighted by molar-refractivity contribution is 0.569. The van der Waals surface area contributed by atoms with Gasteiger partial charge in [-0.05, 0) is 44.0 Å². The van der Waals surface area contributed by atoms with Crippen LogP contribution in [-0.4, -0.2) is 22.9 Å². The largest absolute Gasteiger partial charge is 0.250 e. The smallest absolute Gasteiger partial charge is 0.212 e. The quantitative estimate of drug-likeness (QED) is 0.709. The lowest BCUT2D eigenvalue weighted by atomic mass is 10.1. The Balaban J connectivity index is 1.99. The van der Waals surface area contributed by atoms with Crippen LogP contribution in [0.1, 0.15) is 29.9 Å². The minimum atomic E-state index is -3.53. The Labute approximate surface area is 153 Å². The van der Waals surface area contributed by atoms with Crippen LogP contribution in [0.5, 0.6) is 0 Å². The molecule has 0 aliphatic heterocycles. The fourth-order valence-electron chi connectivity index (χ4n) is 2.18. The number of thiophene rings is 1. The van der Waals surface area contributed by atoms with E-state index in [0.717, 1.165) is 10.4 Å². The lowest BCUT2D eigenvalue weighted by Crippen LogP contribution is -2.31. The van der Waals surface area contributed by atoms with Crippen molar-refractivity contribution in [3.8, 4) is 0 Å². The summed E-state index contributed by atoms with van der Waals surface area (Å²) in [5.74, 6) is -0.105. The van der Waals surface area contributed by atoms with Gasteiger partial charge < -0.3 is 0 Å². The Morgan fingerprint density at radius 2 is 1.56 bits per heavy atom. The first kappa shape index (κ1) is 20.1. The molecule has 2 rings (SSSR count). The van der Waals surface area contributed by atoms with Gasteiger partial charge in [-0.3, -0.25) is 0 Å². The van der Waals surface area contributed by atoms with Crippen LogP contribution in [0.15, 0.2) is 40.6 Å². The summed E-state index contributed by atoms with van der Waals surface area (Å²) in [6.45, 7) is 5.53. The highest BCUT2D eigenvalue weighted by Crippen LogP contribution is 2.20. The standard InChI is InChI=1S/C16H22N2O4S3/c1-12(2)18-24(19,20)11-15-7-5-14(6-8-15)10-17-25(21,22)16-9-4-13(3)23-16/h4-9,12,17-18H,10-11H2,1-3H3. The van der Waals surface area contributed by atoms with E-state index >= 15 is 0 Å². The first-order valence-corrected chi connectivity index (χ1v) is 11.7. The van der Waals surface area contributed by atoms with Crippen LogP contribution in [0, 0.1) is 6.92 Å². The number of hydrogen-bond donors (Lipinski definition) is 2. The Bertz CT molecular complexity index is 915. The first-order chi connectivity index (χ1) is 11.6. The second-order valence-corrected chi connectivity index (χ2v) is 11.1. The van der Waals surface area contributed by atoms with Crippen molar-refractivity contribution in [2.75, 3.05) is 0 Å². The number of sulfonamides is 2. The number of hydrogen-bond acceptors (Lipinski definition) is 5. The Kier molecular flexibility index (Phi) is 6.39. The van der Waals surface area contributed by atoms with Gasteiger partial charge in [-0.1, -0.05) is 24.3 Å². The zero-order valence-corrected chi connectivity index (χ0v) is 16.8. The van der Waals surface area contributed by atoms with Crippen molar-refractivity contribution < 1.29 is 16.8 Å². The fourth-order valence-corrected chi connectivity index (χ4v) is 5.96. The summed E-state index contributed by atoms with van der Waals surface area (Å²) in [5.41, 5.74) is 1.41. The highest BCUT2D eigenvalue weighted by atomic mass is 32.2. The third-order valence-corrected chi connectivity index (χ3v) is 7.68. The summed E-state index contributed by atoms with van der Waals surface area (Å²) in [7, 11) is -6.90. The van der Waals surface area contributed by atoms with Crippen molar-refractivity contribution in [2.24, 2.45) is 0 Å². The van der Waals surface area contributed by atoms with E-state index in [1.165, 1.54) is 11.3 Å². The molecular formula is C16H22N2O4S3. The highest BCUT2D eigenvalue weighted by Gasteiger charge is 2.16. The van der Waals surface area contributed by atoms with E-state index in [4.69, 9.17) is 0 Å². The molecule has 1 heterocycles. The molecule has 1 aromatic heterocycles. The molecule has 0 amide bonds. The van der Waals surface area contributed by atoms with Gasteiger partial charge in [0.15, 0.2) is 0 Å². The molecule has 138 valence electrons. The van der Waals surface area contributed by atoms with Gasteiger partial charge in [-0.2, -0.15) is 0 Å². The molecule has 9 heteroatoms. The minimum absolute atomic E-state index is 0.105. The van der Waals surface area contributed by atoms with E-state index in [-0.39, 0.29) is 22.5 Å². The van der Waals surface area contributed by atoms with Crippen molar-refractivity contribution in [2.45, 2.75) is 43.3 Å². The summed E-state index contributed by atoms with van der Waals surface area (Å²) >= 11 is 1.22. The second-order valence-electron chi connectivity index (χ2n) is 6.04. The molecule has 2 N–H and O–H groups in total. The Morgan fingerprint density at radius 1 is 0.960 bits per heavy atom. The summed E-state index contributed by atoms with van der Waals surface area (Å²) in [4.78, 5) is 0.931. The van der Waals surface area contributed by atoms with Crippen LogP contribution in [0.4, 0.5) is 0 Å². The van der Waals surface area contributed by atoms with E-state index < -0.39 is 20.0 Å². The van der Waals surface area contributed by atoms with Gasteiger partial charge in [-0.25, -0.2) is 26.3 Å². The van der Waals surface area contributed by atoms with Gasteiger partial charge in [0, 0.05) is 17.5 Å². The van der Waals surface area contributed by atoms with Gasteiger partial charge in [0.2, 0.25) is 20.0 Å². The molecule has 0 spiro atoms. The molecule has 0 unspecified atom stereocenters. The van der Waals surface area contributed by atoms with E-state index in [9.17, 15) is 16.8 Å². The van der Waals surface area contributed by atoms with Gasteiger partial charge in [0.25, 0.3) is 0 Å². The van der Waals surface area contributed by atoms with E-state index in [2.05, 4.69) is 9.44 Å². The Morgan fingerprint density at radius 3 is 2.08 bits per heavy atom. The van der Waals surface area contributed by atoms with Crippen molar-refractivity contribution in [1.82, 2.24) is 9.44 Å². The van der Waals surface area contributed by atoms with Gasteiger partial charge in [-0.15, -0.1) is 11.3 Å². The summed E-state index contributed by atoms with van der Waals surface area (Å²) in [6, 6.07) is 10.0. The van der Waals surface area contributed by atoms with Crippen molar-refractivity contribution >= 4 is 31.4 Å². The predicted octanol–water partition coefficient (Wildman–Crippen LogP) is 2.36. The van der Waals surface area contributed by atoms with Crippen molar-refractivity contribution in [3.05, 3.63) is 52.4 Å². The van der Waals surface area contributed by atoms with E-state index in [1.807, 2.05) is 6.92 Å². The number of nitrogens with one attached hydrogen (secondary N) is 2. The van der Waals surface area contributed by atoms with Crippen LogP contribution < -0.4 is 9.44 Å². The average Bonchev–Trinajstić information content (AvgIpc) is 2.92. The van der Waals surface area contributed by atoms with Crippen LogP contribution in [0.3, 0.4) is 0 Å². The van der Waals surface area contributed by atoms with Gasteiger partial charge in [0.1, 0.15) is 4.21 Å². The molecule has 0 aliphatic rings. The summed E-state index contributed by atoms with van der Waals surface area (Å²) in [5, 5.41) is 0. The third kappa shape index (κ3) is 6.19. The van der Waals surface area contributed by atoms with Gasteiger partial charge in [0.05, 0.1) is 5.75 Å². The highest BCUT2D eigenvalue weighted by molar-refractivity contribution is 7.91. The van der Waals surface area contributed by atoms with Crippen LogP contribution in [0.2, 0.25) is 0 Å². The zero-order valence-electron chi connectivity index (χ0n) is 14.3. The van der Waals surface area contributed by atoms with Crippen LogP contribution in [0.25, 0.3) is 0 Å². The molecule has 0 atom stereocenters. The molecule has 0 fully saturated rings. The predicted molar refractivity (Wildman–Crippen MR) is 100 cm³/mol. The van der Waals surface area contributed by atoms with Gasteiger partial charge >= 0.3 is 0 Å². The molecule has 0 aliphatic carbocycles. The SMILES string of the molecule is Cc1ccc(S(=O)(=O)NCc2ccc(CS(=O)(=O)NC(C)C)cc2)s1. The molecule has 2 aromatic rings. The second kappa shape index (κ2) is 7.96. The molecule has 0 bridgehead atoms. The number of rotatable bonds is 8. The normalized spacial score (nSPS) is 12.6. The van der Waals surface area contributed by atoms with Crippen molar-refractivity contribution in [1.29, 1.82) is 0 Å². The maximum absolute atomic E-state index is 12.2. The maximum atomic E-state index is 12.2. The van der Waals surface area contributed by atoms with Crippen molar-refractivity contribution in [3.63, 3.8) is 0 Å². The summed E-state index contributed by atoms with van der Waals surface area (Å²) < 4.78 is 53.6. The zero-order chi connectivity index (χ0) is 18.7. The molecule has 0 saturated heterocycles. The topological polar surface area (TPSA) is 92.3 Å². The average molecular weight is 403 g/mol. The van der Waals surface area contributed by atoms with E-state index in [1.54, 1.807) is 50.2 Å². The number of benzene rings is 1. The monoisotopic (exact) mass is 402 g/mol. The maximum Gasteiger partial charge on any atom is 0.250 e. The van der Waals surface area contributed by atoms with Crippen LogP contribution >= 0.6 is 11.3 Å². The molecule has 1 aromatic carbocycles. The summed E-state index contributed by atoms with van der Waals surface area (Å²) in [6.07, 6.45) is 0. The van der Waals surface area contributed by atoms with E-state index in [0.29, 0.717) is 5.56 Å². The molecule has 0 radical (unpaired) electrons. The lowest BCUT2D eigenvalue weighted by Gasteiger charge is -2.10. The van der Waals surface area contributed by atoms with Crippen LogP contribution in [-0.2, 0) is 32.3 Å². The molecule has 6 nitrogen and oxygen atoms in total. The fraction of sp³-hybridized carbons (Fsp3) is 0.375. The molecular weight excluding hydrogens is 380 g/mol. The first-order valence-electron chi connectivity index (χ1n) is 7.71. The third-order valence-electron chi connectivity index (χ3n) is 3.24. The molecule has 0 saturated carbocycles.